The highest BCUT2D eigenvalue weighted by Crippen LogP contribution is 2.16. The van der Waals surface area contributed by atoms with Crippen LogP contribution in [0.1, 0.15) is 284 Å². The van der Waals surface area contributed by atoms with Gasteiger partial charge in [-0.25, -0.2) is 0 Å². The molecule has 1 amide bonds. The van der Waals surface area contributed by atoms with E-state index in [0.717, 1.165) is 77.0 Å². The Hall–Kier alpha value is -1.66. The molecule has 0 fully saturated rings. The van der Waals surface area contributed by atoms with Crippen LogP contribution in [0.15, 0.2) is 24.3 Å². The number of carbonyl (C=O) groups is 2. The molecule has 6 heteroatoms. The van der Waals surface area contributed by atoms with E-state index in [4.69, 9.17) is 4.74 Å². The largest absolute Gasteiger partial charge is 0.466 e. The molecular weight excluding hydrogens is 743 g/mol. The molecule has 0 aliphatic carbocycles. The van der Waals surface area contributed by atoms with Gasteiger partial charge in [-0.15, -0.1) is 0 Å². The standard InChI is InChI=1S/C54H103NO5/c1-3-5-7-9-11-13-15-17-19-20-21-22-23-24-26-30-34-38-42-46-52(57)51(50-56)55-53(58)47-43-39-35-31-28-29-33-37-41-45-49-60-54(59)48-44-40-36-32-27-25-18-16-14-12-10-8-6-4-2/h16,18,29,33,51-52,56-57H,3-15,17,19-28,30-32,34-50H2,1-2H3,(H,55,58)/b18-16-,33-29-. The van der Waals surface area contributed by atoms with Crippen LogP contribution in [0.25, 0.3) is 0 Å². The Kier molecular flexibility index (Phi) is 48.6. The molecule has 0 aromatic rings. The number of esters is 1. The van der Waals surface area contributed by atoms with Crippen LogP contribution in [0.3, 0.4) is 0 Å². The van der Waals surface area contributed by atoms with E-state index >= 15 is 0 Å². The zero-order valence-corrected chi connectivity index (χ0v) is 40.2. The molecule has 0 rings (SSSR count). The minimum absolute atomic E-state index is 0.0446. The van der Waals surface area contributed by atoms with Crippen LogP contribution in [-0.2, 0) is 14.3 Å². The quantitative estimate of drug-likeness (QED) is 0.0322. The maximum absolute atomic E-state index is 12.5. The third kappa shape index (κ3) is 45.9. The van der Waals surface area contributed by atoms with Gasteiger partial charge in [0.1, 0.15) is 0 Å². The maximum Gasteiger partial charge on any atom is 0.305 e. The third-order valence-electron chi connectivity index (χ3n) is 12.2. The predicted octanol–water partition coefficient (Wildman–Crippen LogP) is 15.9. The molecule has 2 unspecified atom stereocenters. The number of rotatable bonds is 49. The van der Waals surface area contributed by atoms with Crippen LogP contribution in [0, 0.1) is 0 Å². The Labute approximate surface area is 373 Å². The fraction of sp³-hybridized carbons (Fsp3) is 0.889. The Morgan fingerprint density at radius 1 is 0.450 bits per heavy atom. The second-order valence-electron chi connectivity index (χ2n) is 18.2. The molecular formula is C54H103NO5. The highest BCUT2D eigenvalue weighted by Gasteiger charge is 2.20. The molecule has 0 aliphatic rings. The van der Waals surface area contributed by atoms with Crippen LogP contribution in [0.4, 0.5) is 0 Å². The summed E-state index contributed by atoms with van der Waals surface area (Å²) >= 11 is 0. The lowest BCUT2D eigenvalue weighted by Gasteiger charge is -2.22. The number of hydrogen-bond donors (Lipinski definition) is 3. The summed E-state index contributed by atoms with van der Waals surface area (Å²) in [5.41, 5.74) is 0. The first-order valence-electron chi connectivity index (χ1n) is 26.6. The number of amides is 1. The summed E-state index contributed by atoms with van der Waals surface area (Å²) in [7, 11) is 0. The van der Waals surface area contributed by atoms with Gasteiger partial charge in [0.05, 0.1) is 25.4 Å². The van der Waals surface area contributed by atoms with E-state index < -0.39 is 12.1 Å². The van der Waals surface area contributed by atoms with Crippen LogP contribution in [0.2, 0.25) is 0 Å². The molecule has 3 N–H and O–H groups in total. The Morgan fingerprint density at radius 2 is 0.783 bits per heavy atom. The molecule has 60 heavy (non-hydrogen) atoms. The average Bonchev–Trinajstić information content (AvgIpc) is 3.25. The maximum atomic E-state index is 12.5. The number of aliphatic hydroxyl groups excluding tert-OH is 2. The summed E-state index contributed by atoms with van der Waals surface area (Å²) < 4.78 is 5.43. The van der Waals surface area contributed by atoms with Gasteiger partial charge in [0.15, 0.2) is 0 Å². The predicted molar refractivity (Wildman–Crippen MR) is 260 cm³/mol. The average molecular weight is 846 g/mol. The van der Waals surface area contributed by atoms with Gasteiger partial charge in [-0.2, -0.15) is 0 Å². The monoisotopic (exact) mass is 846 g/mol. The highest BCUT2D eigenvalue weighted by atomic mass is 16.5. The Bertz CT molecular complexity index is 935. The third-order valence-corrected chi connectivity index (χ3v) is 12.2. The summed E-state index contributed by atoms with van der Waals surface area (Å²) in [5, 5.41) is 23.2. The van der Waals surface area contributed by atoms with Crippen molar-refractivity contribution in [3.63, 3.8) is 0 Å². The van der Waals surface area contributed by atoms with Crippen molar-refractivity contribution >= 4 is 11.9 Å². The number of hydrogen-bond acceptors (Lipinski definition) is 5. The molecule has 0 saturated heterocycles. The number of nitrogens with one attached hydrogen (secondary N) is 1. The van der Waals surface area contributed by atoms with Gasteiger partial charge in [0.2, 0.25) is 5.91 Å². The van der Waals surface area contributed by atoms with E-state index in [1.54, 1.807) is 0 Å². The summed E-state index contributed by atoms with van der Waals surface area (Å²) in [6.07, 6.45) is 58.7. The zero-order valence-electron chi connectivity index (χ0n) is 40.2. The van der Waals surface area contributed by atoms with Gasteiger partial charge in [-0.1, -0.05) is 218 Å². The minimum Gasteiger partial charge on any atom is -0.466 e. The first kappa shape index (κ1) is 58.3. The Balaban J connectivity index is 3.53. The van der Waals surface area contributed by atoms with Crippen LogP contribution in [-0.4, -0.2) is 47.4 Å². The summed E-state index contributed by atoms with van der Waals surface area (Å²) in [6.45, 7) is 4.86. The van der Waals surface area contributed by atoms with Crippen molar-refractivity contribution in [3.8, 4) is 0 Å². The van der Waals surface area contributed by atoms with E-state index in [0.29, 0.717) is 25.9 Å². The fourth-order valence-electron chi connectivity index (χ4n) is 8.10. The molecule has 0 aliphatic heterocycles. The smallest absolute Gasteiger partial charge is 0.305 e. The zero-order chi connectivity index (χ0) is 43.7. The van der Waals surface area contributed by atoms with E-state index in [9.17, 15) is 19.8 Å². The van der Waals surface area contributed by atoms with Crippen LogP contribution < -0.4 is 5.32 Å². The fourth-order valence-corrected chi connectivity index (χ4v) is 8.10. The Morgan fingerprint density at radius 3 is 1.18 bits per heavy atom. The molecule has 0 aromatic carbocycles. The number of unbranched alkanes of at least 4 members (excludes halogenated alkanes) is 34. The first-order valence-corrected chi connectivity index (χ1v) is 26.6. The molecule has 2 atom stereocenters. The second-order valence-corrected chi connectivity index (χ2v) is 18.2. The lowest BCUT2D eigenvalue weighted by molar-refractivity contribution is -0.143. The molecule has 0 spiro atoms. The molecule has 354 valence electrons. The van der Waals surface area contributed by atoms with Crippen molar-refractivity contribution < 1.29 is 24.5 Å². The lowest BCUT2D eigenvalue weighted by atomic mass is 10.0. The number of ether oxygens (including phenoxy) is 1. The van der Waals surface area contributed by atoms with Gasteiger partial charge in [-0.3, -0.25) is 9.59 Å². The van der Waals surface area contributed by atoms with Gasteiger partial charge in [-0.05, 0) is 77.0 Å². The van der Waals surface area contributed by atoms with E-state index in [1.165, 1.54) is 173 Å². The minimum atomic E-state index is -0.686. The lowest BCUT2D eigenvalue weighted by Crippen LogP contribution is -2.45. The highest BCUT2D eigenvalue weighted by molar-refractivity contribution is 5.76. The van der Waals surface area contributed by atoms with Gasteiger partial charge < -0.3 is 20.3 Å². The van der Waals surface area contributed by atoms with Crippen molar-refractivity contribution in [2.24, 2.45) is 0 Å². The van der Waals surface area contributed by atoms with E-state index in [-0.39, 0.29) is 18.5 Å². The van der Waals surface area contributed by atoms with Crippen molar-refractivity contribution in [1.29, 1.82) is 0 Å². The molecule has 6 nitrogen and oxygen atoms in total. The van der Waals surface area contributed by atoms with Gasteiger partial charge in [0.25, 0.3) is 0 Å². The summed E-state index contributed by atoms with van der Waals surface area (Å²) in [4.78, 5) is 24.5. The SMILES string of the molecule is CCCCCCC/C=C\CCCCCCCC(=O)OCCCC/C=C\CCCCCCC(=O)NC(CO)C(O)CCCCCCCCCCCCCCCCCCCCC. The number of aliphatic hydroxyl groups is 2. The van der Waals surface area contributed by atoms with E-state index in [1.807, 2.05) is 0 Å². The molecule has 0 radical (unpaired) electrons. The topological polar surface area (TPSA) is 95.9 Å². The van der Waals surface area contributed by atoms with Crippen molar-refractivity contribution in [1.82, 2.24) is 5.32 Å². The van der Waals surface area contributed by atoms with Crippen molar-refractivity contribution in [3.05, 3.63) is 24.3 Å². The van der Waals surface area contributed by atoms with Crippen LogP contribution in [0.5, 0.6) is 0 Å². The van der Waals surface area contributed by atoms with Crippen LogP contribution >= 0.6 is 0 Å². The normalized spacial score (nSPS) is 12.8. The molecule has 0 bridgehead atoms. The van der Waals surface area contributed by atoms with Gasteiger partial charge in [0, 0.05) is 12.8 Å². The molecule has 0 aromatic heterocycles. The van der Waals surface area contributed by atoms with Crippen molar-refractivity contribution in [2.45, 2.75) is 296 Å². The number of allylic oxidation sites excluding steroid dienone is 4. The van der Waals surface area contributed by atoms with Gasteiger partial charge >= 0.3 is 5.97 Å². The number of carbonyl (C=O) groups excluding carboxylic acids is 2. The molecule has 0 saturated carbocycles. The first-order chi connectivity index (χ1) is 29.5. The summed E-state index contributed by atoms with van der Waals surface area (Å²) in [5.74, 6) is -0.114. The summed E-state index contributed by atoms with van der Waals surface area (Å²) in [6, 6.07) is -0.567. The van der Waals surface area contributed by atoms with Crippen molar-refractivity contribution in [2.75, 3.05) is 13.2 Å². The van der Waals surface area contributed by atoms with E-state index in [2.05, 4.69) is 43.5 Å². The second kappa shape index (κ2) is 50.0. The molecule has 0 heterocycles.